The molecule has 1 aromatic carbocycles. The second kappa shape index (κ2) is 9.72. The third-order valence-electron chi connectivity index (χ3n) is 3.69. The maximum atomic E-state index is 12.3. The van der Waals surface area contributed by atoms with E-state index in [9.17, 15) is 14.4 Å². The zero-order valence-electron chi connectivity index (χ0n) is 14.8. The van der Waals surface area contributed by atoms with Gasteiger partial charge in [0.1, 0.15) is 0 Å². The predicted octanol–water partition coefficient (Wildman–Crippen LogP) is 2.46. The monoisotopic (exact) mass is 374 g/mol. The number of amides is 2. The average molecular weight is 374 g/mol. The lowest BCUT2D eigenvalue weighted by Gasteiger charge is -2.21. The lowest BCUT2D eigenvalue weighted by molar-refractivity contribution is -0.158. The highest BCUT2D eigenvalue weighted by Gasteiger charge is 2.21. The van der Waals surface area contributed by atoms with Crippen LogP contribution in [0.4, 0.5) is 0 Å². The Morgan fingerprint density at radius 3 is 2.58 bits per heavy atom. The number of carbonyl (C=O) groups excluding carboxylic acids is 3. The van der Waals surface area contributed by atoms with E-state index < -0.39 is 12.1 Å². The summed E-state index contributed by atoms with van der Waals surface area (Å²) < 4.78 is 5.16. The Kier molecular flexibility index (Phi) is 7.35. The van der Waals surface area contributed by atoms with Gasteiger partial charge in [-0.25, -0.2) is 0 Å². The fourth-order valence-corrected chi connectivity index (χ4v) is 2.96. The van der Waals surface area contributed by atoms with Gasteiger partial charge >= 0.3 is 5.97 Å². The quantitative estimate of drug-likeness (QED) is 0.720. The molecule has 1 atom stereocenters. The number of esters is 1. The van der Waals surface area contributed by atoms with E-state index in [1.54, 1.807) is 25.4 Å². The van der Waals surface area contributed by atoms with E-state index >= 15 is 0 Å². The summed E-state index contributed by atoms with van der Waals surface area (Å²) in [5.41, 5.74) is 1.56. The third-order valence-corrected chi connectivity index (χ3v) is 4.38. The molecule has 0 aliphatic heterocycles. The van der Waals surface area contributed by atoms with Crippen LogP contribution in [-0.2, 0) is 20.9 Å². The van der Waals surface area contributed by atoms with Crippen LogP contribution in [0.1, 0.15) is 29.3 Å². The molecule has 2 aromatic rings. The average Bonchev–Trinajstić information content (AvgIpc) is 3.16. The van der Waals surface area contributed by atoms with Crippen molar-refractivity contribution < 1.29 is 19.1 Å². The molecule has 0 aliphatic rings. The summed E-state index contributed by atoms with van der Waals surface area (Å²) in [6.45, 7) is 2.15. The minimum atomic E-state index is -0.871. The van der Waals surface area contributed by atoms with Crippen LogP contribution < -0.4 is 5.32 Å². The van der Waals surface area contributed by atoms with Gasteiger partial charge in [0, 0.05) is 31.1 Å². The van der Waals surface area contributed by atoms with Crippen molar-refractivity contribution >= 4 is 29.1 Å². The van der Waals surface area contributed by atoms with E-state index in [-0.39, 0.29) is 24.8 Å². The second-order valence-corrected chi connectivity index (χ2v) is 6.61. The molecule has 1 aromatic heterocycles. The van der Waals surface area contributed by atoms with E-state index in [1.807, 2.05) is 35.7 Å². The molecule has 1 unspecified atom stereocenters. The van der Waals surface area contributed by atoms with Gasteiger partial charge in [-0.05, 0) is 23.9 Å². The molecule has 0 aliphatic carbocycles. The first-order valence-corrected chi connectivity index (χ1v) is 9.20. The molecule has 1 N–H and O–H groups in total. The first-order valence-electron chi connectivity index (χ1n) is 8.26. The molecule has 0 saturated heterocycles. The first-order chi connectivity index (χ1) is 12.5. The number of nitrogens with zero attached hydrogens (tertiary/aromatic N) is 1. The van der Waals surface area contributed by atoms with Crippen LogP contribution in [0.25, 0.3) is 0 Å². The number of thiophene rings is 1. The zero-order chi connectivity index (χ0) is 18.9. The molecule has 0 saturated carbocycles. The Morgan fingerprint density at radius 2 is 1.92 bits per heavy atom. The molecule has 1 heterocycles. The fraction of sp³-hybridized carbons (Fsp3) is 0.316. The molecule has 6 nitrogen and oxygen atoms in total. The Morgan fingerprint density at radius 1 is 1.19 bits per heavy atom. The van der Waals surface area contributed by atoms with E-state index in [0.717, 1.165) is 5.56 Å². The maximum Gasteiger partial charge on any atom is 0.308 e. The van der Waals surface area contributed by atoms with Gasteiger partial charge in [-0.3, -0.25) is 14.4 Å². The molecule has 138 valence electrons. The van der Waals surface area contributed by atoms with Crippen LogP contribution >= 0.6 is 11.3 Å². The Hall–Kier alpha value is -2.67. The SMILES string of the molecule is CC(OC(=O)CCNC(=O)c1ccsc1)C(=O)N(C)Cc1ccccc1. The van der Waals surface area contributed by atoms with E-state index in [4.69, 9.17) is 4.74 Å². The molecule has 7 heteroatoms. The van der Waals surface area contributed by atoms with Crippen LogP contribution in [0.5, 0.6) is 0 Å². The van der Waals surface area contributed by atoms with Gasteiger partial charge in [0.15, 0.2) is 6.10 Å². The van der Waals surface area contributed by atoms with Gasteiger partial charge < -0.3 is 15.0 Å². The lowest BCUT2D eigenvalue weighted by atomic mass is 10.2. The molecule has 0 fully saturated rings. The van der Waals surface area contributed by atoms with Crippen molar-refractivity contribution in [2.75, 3.05) is 13.6 Å². The molecule has 2 rings (SSSR count). The molecule has 26 heavy (non-hydrogen) atoms. The summed E-state index contributed by atoms with van der Waals surface area (Å²) in [5, 5.41) is 6.19. The highest BCUT2D eigenvalue weighted by Crippen LogP contribution is 2.07. The molecule has 0 bridgehead atoms. The van der Waals surface area contributed by atoms with E-state index in [0.29, 0.717) is 12.1 Å². The normalized spacial score (nSPS) is 11.5. The van der Waals surface area contributed by atoms with E-state index in [2.05, 4.69) is 5.32 Å². The van der Waals surface area contributed by atoms with Gasteiger partial charge in [0.2, 0.25) is 0 Å². The number of hydrogen-bond donors (Lipinski definition) is 1. The van der Waals surface area contributed by atoms with Crippen LogP contribution in [0.15, 0.2) is 47.2 Å². The van der Waals surface area contributed by atoms with Gasteiger partial charge in [-0.2, -0.15) is 11.3 Å². The smallest absolute Gasteiger partial charge is 0.308 e. The van der Waals surface area contributed by atoms with Gasteiger partial charge in [0.05, 0.1) is 6.42 Å². The van der Waals surface area contributed by atoms with Gasteiger partial charge in [-0.1, -0.05) is 30.3 Å². The van der Waals surface area contributed by atoms with Crippen LogP contribution in [0, 0.1) is 0 Å². The van der Waals surface area contributed by atoms with Crippen molar-refractivity contribution in [3.8, 4) is 0 Å². The number of ether oxygens (including phenoxy) is 1. The van der Waals surface area contributed by atoms with Crippen LogP contribution in [0.3, 0.4) is 0 Å². The molecule has 2 amide bonds. The van der Waals surface area contributed by atoms with Crippen molar-refractivity contribution in [1.29, 1.82) is 0 Å². The molecular weight excluding hydrogens is 352 g/mol. The molecular formula is C19H22N2O4S. The summed E-state index contributed by atoms with van der Waals surface area (Å²) in [7, 11) is 1.67. The maximum absolute atomic E-state index is 12.3. The number of carbonyl (C=O) groups is 3. The van der Waals surface area contributed by atoms with Crippen LogP contribution in [0.2, 0.25) is 0 Å². The van der Waals surface area contributed by atoms with Crippen LogP contribution in [-0.4, -0.2) is 42.4 Å². The second-order valence-electron chi connectivity index (χ2n) is 5.83. The summed E-state index contributed by atoms with van der Waals surface area (Å²) in [5.74, 6) is -1.03. The largest absolute Gasteiger partial charge is 0.452 e. The number of benzene rings is 1. The number of likely N-dealkylation sites (N-methyl/N-ethyl adjacent to an activating group) is 1. The summed E-state index contributed by atoms with van der Waals surface area (Å²) >= 11 is 1.43. The first kappa shape index (κ1) is 19.7. The van der Waals surface area contributed by atoms with Crippen molar-refractivity contribution in [3.05, 3.63) is 58.3 Å². The Labute approximate surface area is 156 Å². The van der Waals surface area contributed by atoms with Crippen molar-refractivity contribution in [1.82, 2.24) is 10.2 Å². The van der Waals surface area contributed by atoms with Crippen molar-refractivity contribution in [2.45, 2.75) is 26.0 Å². The topological polar surface area (TPSA) is 75.7 Å². The number of nitrogens with one attached hydrogen (secondary N) is 1. The summed E-state index contributed by atoms with van der Waals surface area (Å²) in [4.78, 5) is 37.4. The van der Waals surface area contributed by atoms with Crippen molar-refractivity contribution in [2.24, 2.45) is 0 Å². The third kappa shape index (κ3) is 6.00. The Balaban J connectivity index is 1.71. The molecule has 0 radical (unpaired) electrons. The number of hydrogen-bond acceptors (Lipinski definition) is 5. The van der Waals surface area contributed by atoms with Gasteiger partial charge in [0.25, 0.3) is 11.8 Å². The molecule has 0 spiro atoms. The highest BCUT2D eigenvalue weighted by molar-refractivity contribution is 7.08. The Bertz CT molecular complexity index is 731. The lowest BCUT2D eigenvalue weighted by Crippen LogP contribution is -2.37. The zero-order valence-corrected chi connectivity index (χ0v) is 15.6. The predicted molar refractivity (Wildman–Crippen MR) is 99.7 cm³/mol. The minimum absolute atomic E-state index is 0.00982. The van der Waals surface area contributed by atoms with E-state index in [1.165, 1.54) is 16.2 Å². The summed E-state index contributed by atoms with van der Waals surface area (Å²) in [6, 6.07) is 11.3. The fourth-order valence-electron chi connectivity index (χ4n) is 2.33. The minimum Gasteiger partial charge on any atom is -0.452 e. The highest BCUT2D eigenvalue weighted by atomic mass is 32.1. The van der Waals surface area contributed by atoms with Crippen molar-refractivity contribution in [3.63, 3.8) is 0 Å². The van der Waals surface area contributed by atoms with Gasteiger partial charge in [-0.15, -0.1) is 0 Å². The standard InChI is InChI=1S/C19H22N2O4S/c1-14(19(24)21(2)12-15-6-4-3-5-7-15)25-17(22)8-10-20-18(23)16-9-11-26-13-16/h3-7,9,11,13-14H,8,10,12H2,1-2H3,(H,20,23). The number of rotatable bonds is 8. The summed E-state index contributed by atoms with van der Waals surface area (Å²) in [6.07, 6.45) is -0.862.